The maximum atomic E-state index is 3.75. The predicted molar refractivity (Wildman–Crippen MR) is 83.4 cm³/mol. The van der Waals surface area contributed by atoms with Gasteiger partial charge in [-0.05, 0) is 31.2 Å². The normalized spacial score (nSPS) is 9.36. The van der Waals surface area contributed by atoms with Gasteiger partial charge in [0, 0.05) is 89.7 Å². The van der Waals surface area contributed by atoms with Gasteiger partial charge in [-0.3, -0.25) is 0 Å². The quantitative estimate of drug-likeness (QED) is 0.347. The van der Waals surface area contributed by atoms with Crippen molar-refractivity contribution < 1.29 is 74.6 Å². The van der Waals surface area contributed by atoms with Crippen LogP contribution < -0.4 is 9.13 Å². The van der Waals surface area contributed by atoms with Crippen LogP contribution in [0.3, 0.4) is 0 Å². The fourth-order valence-electron chi connectivity index (χ4n) is 2.20. The van der Waals surface area contributed by atoms with Crippen LogP contribution in [0.25, 0.3) is 0 Å². The molecule has 0 aromatic carbocycles. The maximum Gasteiger partial charge on any atom is 0.197 e. The van der Waals surface area contributed by atoms with Crippen molar-refractivity contribution in [1.82, 2.24) is 0 Å². The smallest absolute Gasteiger partial charge is 0.197 e. The zero-order valence-corrected chi connectivity index (χ0v) is 19.0. The Morgan fingerprint density at radius 1 is 0.818 bits per heavy atom. The second-order valence-electron chi connectivity index (χ2n) is 5.00. The van der Waals surface area contributed by atoms with Gasteiger partial charge in [-0.15, -0.1) is 0 Å². The second kappa shape index (κ2) is 13.0. The number of aromatic nitrogens is 2. The Morgan fingerprint density at radius 3 is 1.59 bits per heavy atom. The Balaban J connectivity index is 0.00000220. The summed E-state index contributed by atoms with van der Waals surface area (Å²) in [5.41, 5.74) is 2.77. The van der Waals surface area contributed by atoms with Gasteiger partial charge < -0.3 is 6.82 Å². The van der Waals surface area contributed by atoms with E-state index in [0.717, 1.165) is 25.7 Å². The first-order chi connectivity index (χ1) is 9.81. The van der Waals surface area contributed by atoms with Crippen molar-refractivity contribution in [3.05, 3.63) is 67.0 Å². The first-order valence-corrected chi connectivity index (χ1v) is 7.16. The van der Waals surface area contributed by atoms with E-state index in [0.29, 0.717) is 0 Å². The van der Waals surface area contributed by atoms with E-state index in [1.165, 1.54) is 11.1 Å². The van der Waals surface area contributed by atoms with E-state index in [1.807, 2.05) is 7.28 Å². The van der Waals surface area contributed by atoms with Crippen LogP contribution in [0.5, 0.6) is 0 Å². The molecule has 0 bridgehead atoms. The summed E-state index contributed by atoms with van der Waals surface area (Å²) in [4.78, 5) is 0. The van der Waals surface area contributed by atoms with Crippen LogP contribution >= 0.6 is 0 Å². The van der Waals surface area contributed by atoms with Gasteiger partial charge in [0.2, 0.25) is 0 Å². The minimum atomic E-state index is 0. The monoisotopic (exact) mass is 441 g/mol. The van der Waals surface area contributed by atoms with Crippen molar-refractivity contribution in [2.45, 2.75) is 32.6 Å². The third-order valence-electron chi connectivity index (χ3n) is 3.36. The molecule has 2 rings (SSSR count). The van der Waals surface area contributed by atoms with E-state index < -0.39 is 0 Å². The first kappa shape index (κ1) is 22.6. The standard InChI is InChI=1S/C16H21B2N2.2Y/c1-17-13-19-9-5-15(6-10-19)3-4-16-7-11-20(12-8-16)14-18-2;;/h5-12H,1,3-4,13-14H2,2H3;;/q+1;;. The SMILES string of the molecule is [CH2-][B]C[n+]1ccc(CCc2cc[n+](C[B]C)cc2)cc1.[Y].[Y]. The number of rotatable bonds is 7. The Labute approximate surface area is 186 Å². The summed E-state index contributed by atoms with van der Waals surface area (Å²) in [7, 11) is 4.06. The third kappa shape index (κ3) is 7.95. The summed E-state index contributed by atoms with van der Waals surface area (Å²) in [5, 5.41) is 0. The van der Waals surface area contributed by atoms with Crippen LogP contribution in [0.15, 0.2) is 49.1 Å². The molecule has 0 saturated carbocycles. The number of nitrogens with zero attached hydrogens (tertiary/aromatic N) is 2. The molecule has 0 aliphatic carbocycles. The molecule has 6 heteroatoms. The molecule has 0 N–H and O–H groups in total. The molecule has 2 heterocycles. The van der Waals surface area contributed by atoms with E-state index in [2.05, 4.69) is 79.1 Å². The molecule has 0 fully saturated rings. The minimum Gasteiger partial charge on any atom is -0.367 e. The molecule has 0 aliphatic heterocycles. The molecular formula is C16H21B2N2Y2+. The van der Waals surface area contributed by atoms with Crippen molar-refractivity contribution >= 4 is 14.6 Å². The molecule has 106 valence electrons. The molecule has 0 unspecified atom stereocenters. The number of pyridine rings is 2. The molecule has 0 atom stereocenters. The molecular weight excluding hydrogens is 420 g/mol. The summed E-state index contributed by atoms with van der Waals surface area (Å²) < 4.78 is 4.31. The van der Waals surface area contributed by atoms with Gasteiger partial charge >= 0.3 is 0 Å². The molecule has 0 spiro atoms. The van der Waals surface area contributed by atoms with Gasteiger partial charge in [0.05, 0.1) is 6.44 Å². The average molecular weight is 441 g/mol. The molecule has 22 heavy (non-hydrogen) atoms. The average Bonchev–Trinajstić information content (AvgIpc) is 2.49. The molecule has 2 aromatic heterocycles. The van der Waals surface area contributed by atoms with E-state index in [-0.39, 0.29) is 65.4 Å². The number of aryl methyl sites for hydroxylation is 2. The van der Waals surface area contributed by atoms with Gasteiger partial charge in [-0.2, -0.15) is 0 Å². The summed E-state index contributed by atoms with van der Waals surface area (Å²) in [6, 6.07) is 8.81. The molecule has 0 amide bonds. The fourth-order valence-corrected chi connectivity index (χ4v) is 2.20. The zero-order chi connectivity index (χ0) is 14.2. The van der Waals surface area contributed by atoms with Crippen LogP contribution in [-0.4, -0.2) is 14.6 Å². The minimum absolute atomic E-state index is 0. The fraction of sp³-hybridized carbons (Fsp3) is 0.312. The Bertz CT molecular complexity index is 469. The number of hydrogen-bond donors (Lipinski definition) is 0. The maximum absolute atomic E-state index is 3.75. The molecule has 4 radical (unpaired) electrons. The zero-order valence-electron chi connectivity index (χ0n) is 13.4. The van der Waals surface area contributed by atoms with Gasteiger partial charge in [-0.25, -0.2) is 9.13 Å². The largest absolute Gasteiger partial charge is 0.367 e. The van der Waals surface area contributed by atoms with Crippen molar-refractivity contribution in [1.29, 1.82) is 0 Å². The van der Waals surface area contributed by atoms with Crippen LogP contribution in [-0.2, 0) is 91.1 Å². The first-order valence-electron chi connectivity index (χ1n) is 7.16. The van der Waals surface area contributed by atoms with Gasteiger partial charge in [-0.1, -0.05) is 6.82 Å². The molecule has 0 saturated heterocycles. The van der Waals surface area contributed by atoms with Crippen LogP contribution in [0.2, 0.25) is 6.82 Å². The van der Waals surface area contributed by atoms with Gasteiger partial charge in [0.25, 0.3) is 0 Å². The van der Waals surface area contributed by atoms with Gasteiger partial charge in [0.1, 0.15) is 6.44 Å². The second-order valence-corrected chi connectivity index (χ2v) is 5.00. The van der Waals surface area contributed by atoms with E-state index in [4.69, 9.17) is 0 Å². The predicted octanol–water partition coefficient (Wildman–Crippen LogP) is 1.20. The Hall–Kier alpha value is 0.638. The van der Waals surface area contributed by atoms with Crippen LogP contribution in [0.1, 0.15) is 11.1 Å². The van der Waals surface area contributed by atoms with E-state index in [1.54, 1.807) is 0 Å². The van der Waals surface area contributed by atoms with Gasteiger partial charge in [0.15, 0.2) is 32.1 Å². The Kier molecular flexibility index (Phi) is 13.4. The summed E-state index contributed by atoms with van der Waals surface area (Å²) in [6.07, 6.45) is 12.5. The summed E-state index contributed by atoms with van der Waals surface area (Å²) in [6.45, 7) is 5.83. The topological polar surface area (TPSA) is 7.76 Å². The number of hydrogen-bond acceptors (Lipinski definition) is 0. The molecule has 2 nitrogen and oxygen atoms in total. The molecule has 0 aliphatic rings. The van der Waals surface area contributed by atoms with Crippen molar-refractivity contribution in [3.8, 4) is 0 Å². The van der Waals surface area contributed by atoms with E-state index >= 15 is 0 Å². The van der Waals surface area contributed by atoms with Crippen molar-refractivity contribution in [2.75, 3.05) is 0 Å². The van der Waals surface area contributed by atoms with Crippen LogP contribution in [0, 0.1) is 6.82 Å². The Morgan fingerprint density at radius 2 is 1.23 bits per heavy atom. The van der Waals surface area contributed by atoms with Crippen molar-refractivity contribution in [2.24, 2.45) is 0 Å². The van der Waals surface area contributed by atoms with Crippen LogP contribution in [0.4, 0.5) is 0 Å². The third-order valence-corrected chi connectivity index (χ3v) is 3.36. The molecule has 2 aromatic rings. The summed E-state index contributed by atoms with van der Waals surface area (Å²) >= 11 is 0. The van der Waals surface area contributed by atoms with Crippen molar-refractivity contribution in [3.63, 3.8) is 0 Å². The summed E-state index contributed by atoms with van der Waals surface area (Å²) in [5.74, 6) is 0. The van der Waals surface area contributed by atoms with E-state index in [9.17, 15) is 0 Å².